The van der Waals surface area contributed by atoms with Crippen LogP contribution in [-0.4, -0.2) is 46.0 Å². The standard InChI is InChI=1S/C18H20Cl2N2O4S/c1-22(11-12-26-15-6-4-5-14(19)13-15)18(23)9-10-21-27(24,25)17-8-3-2-7-16(17)20/h2-8,13,21H,9-12H2,1H3. The molecule has 2 rings (SSSR count). The Hall–Kier alpha value is -1.80. The summed E-state index contributed by atoms with van der Waals surface area (Å²) in [5, 5.41) is 0.703. The van der Waals surface area contributed by atoms with Crippen LogP contribution in [0.1, 0.15) is 6.42 Å². The van der Waals surface area contributed by atoms with E-state index in [9.17, 15) is 13.2 Å². The molecule has 0 saturated carbocycles. The summed E-state index contributed by atoms with van der Waals surface area (Å²) in [6.07, 6.45) is 0.0251. The van der Waals surface area contributed by atoms with E-state index in [1.807, 2.05) is 0 Å². The lowest BCUT2D eigenvalue weighted by atomic mass is 10.3. The molecular weight excluding hydrogens is 411 g/mol. The Balaban J connectivity index is 1.75. The van der Waals surface area contributed by atoms with E-state index >= 15 is 0 Å². The largest absolute Gasteiger partial charge is 0.492 e. The highest BCUT2D eigenvalue weighted by atomic mass is 35.5. The van der Waals surface area contributed by atoms with Gasteiger partial charge in [-0.25, -0.2) is 13.1 Å². The normalized spacial score (nSPS) is 11.2. The van der Waals surface area contributed by atoms with Crippen LogP contribution in [0.25, 0.3) is 0 Å². The van der Waals surface area contributed by atoms with Crippen molar-refractivity contribution in [3.8, 4) is 5.75 Å². The minimum atomic E-state index is -3.76. The number of rotatable bonds is 9. The molecule has 0 aromatic heterocycles. The Morgan fingerprint density at radius 2 is 1.89 bits per heavy atom. The van der Waals surface area contributed by atoms with E-state index in [1.165, 1.54) is 17.0 Å². The maximum absolute atomic E-state index is 12.2. The predicted molar refractivity (Wildman–Crippen MR) is 106 cm³/mol. The molecule has 0 radical (unpaired) electrons. The van der Waals surface area contributed by atoms with E-state index in [0.29, 0.717) is 23.9 Å². The van der Waals surface area contributed by atoms with Crippen molar-refractivity contribution >= 4 is 39.1 Å². The number of carbonyl (C=O) groups is 1. The van der Waals surface area contributed by atoms with Crippen molar-refractivity contribution < 1.29 is 17.9 Å². The van der Waals surface area contributed by atoms with Crippen molar-refractivity contribution in [3.63, 3.8) is 0 Å². The fourth-order valence-electron chi connectivity index (χ4n) is 2.21. The van der Waals surface area contributed by atoms with Gasteiger partial charge in [0, 0.05) is 25.0 Å². The second kappa shape index (κ2) is 9.94. The molecule has 6 nitrogen and oxygen atoms in total. The Bertz CT molecular complexity index is 890. The fourth-order valence-corrected chi connectivity index (χ4v) is 3.94. The van der Waals surface area contributed by atoms with Crippen molar-refractivity contribution in [2.75, 3.05) is 26.7 Å². The molecule has 27 heavy (non-hydrogen) atoms. The summed E-state index contributed by atoms with van der Waals surface area (Å²) in [6, 6.07) is 13.1. The first-order valence-electron chi connectivity index (χ1n) is 8.16. The minimum Gasteiger partial charge on any atom is -0.492 e. The van der Waals surface area contributed by atoms with Gasteiger partial charge in [0.25, 0.3) is 0 Å². The van der Waals surface area contributed by atoms with Gasteiger partial charge in [0.2, 0.25) is 15.9 Å². The molecule has 0 fully saturated rings. The van der Waals surface area contributed by atoms with Gasteiger partial charge in [-0.3, -0.25) is 4.79 Å². The molecule has 9 heteroatoms. The van der Waals surface area contributed by atoms with Gasteiger partial charge in [0.1, 0.15) is 17.3 Å². The van der Waals surface area contributed by atoms with Crippen LogP contribution >= 0.6 is 23.2 Å². The minimum absolute atomic E-state index is 0.0117. The fraction of sp³-hybridized carbons (Fsp3) is 0.278. The molecule has 0 spiro atoms. The Morgan fingerprint density at radius 1 is 1.15 bits per heavy atom. The lowest BCUT2D eigenvalue weighted by Crippen LogP contribution is -2.34. The number of halogens is 2. The summed E-state index contributed by atoms with van der Waals surface area (Å²) >= 11 is 11.8. The zero-order valence-corrected chi connectivity index (χ0v) is 17.0. The molecule has 0 aliphatic heterocycles. The first kappa shape index (κ1) is 21.5. The molecule has 0 aliphatic carbocycles. The molecular formula is C18H20Cl2N2O4S. The zero-order chi connectivity index (χ0) is 19.9. The molecule has 2 aromatic rings. The van der Waals surface area contributed by atoms with E-state index in [4.69, 9.17) is 27.9 Å². The van der Waals surface area contributed by atoms with E-state index in [0.717, 1.165) is 0 Å². The number of hydrogen-bond acceptors (Lipinski definition) is 4. The monoisotopic (exact) mass is 430 g/mol. The zero-order valence-electron chi connectivity index (χ0n) is 14.7. The first-order valence-corrected chi connectivity index (χ1v) is 10.4. The topological polar surface area (TPSA) is 75.7 Å². The summed E-state index contributed by atoms with van der Waals surface area (Å²) in [5.74, 6) is 0.419. The van der Waals surface area contributed by atoms with Crippen molar-refractivity contribution in [1.29, 1.82) is 0 Å². The third-order valence-corrected chi connectivity index (χ3v) is 5.87. The molecule has 0 saturated heterocycles. The van der Waals surface area contributed by atoms with E-state index in [-0.39, 0.29) is 28.8 Å². The van der Waals surface area contributed by atoms with Crippen LogP contribution in [0.2, 0.25) is 10.0 Å². The van der Waals surface area contributed by atoms with Crippen LogP contribution < -0.4 is 9.46 Å². The number of ether oxygens (including phenoxy) is 1. The Labute approximate surface area is 169 Å². The van der Waals surface area contributed by atoms with Crippen LogP contribution in [0.15, 0.2) is 53.4 Å². The van der Waals surface area contributed by atoms with Gasteiger partial charge >= 0.3 is 0 Å². The van der Waals surface area contributed by atoms with E-state index < -0.39 is 10.0 Å². The van der Waals surface area contributed by atoms with Gasteiger partial charge in [-0.1, -0.05) is 41.4 Å². The van der Waals surface area contributed by atoms with Gasteiger partial charge in [0.15, 0.2) is 0 Å². The lowest BCUT2D eigenvalue weighted by molar-refractivity contribution is -0.130. The van der Waals surface area contributed by atoms with Crippen LogP contribution in [0.5, 0.6) is 5.75 Å². The highest BCUT2D eigenvalue weighted by molar-refractivity contribution is 7.89. The molecule has 146 valence electrons. The highest BCUT2D eigenvalue weighted by Crippen LogP contribution is 2.20. The molecule has 1 amide bonds. The molecule has 0 bridgehead atoms. The molecule has 0 atom stereocenters. The maximum Gasteiger partial charge on any atom is 0.242 e. The molecule has 2 aromatic carbocycles. The average molecular weight is 431 g/mol. The number of sulfonamides is 1. The van der Waals surface area contributed by atoms with E-state index in [2.05, 4.69) is 4.72 Å². The van der Waals surface area contributed by atoms with E-state index in [1.54, 1.807) is 43.4 Å². The summed E-state index contributed by atoms with van der Waals surface area (Å²) in [4.78, 5) is 13.6. The van der Waals surface area contributed by atoms with Crippen LogP contribution in [0, 0.1) is 0 Å². The molecule has 1 N–H and O–H groups in total. The van der Waals surface area contributed by atoms with Gasteiger partial charge < -0.3 is 9.64 Å². The first-order chi connectivity index (χ1) is 12.8. The van der Waals surface area contributed by atoms with Gasteiger partial charge in [-0.15, -0.1) is 0 Å². The summed E-state index contributed by atoms with van der Waals surface area (Å²) in [7, 11) is -2.13. The second-order valence-corrected chi connectivity index (χ2v) is 8.28. The van der Waals surface area contributed by atoms with Gasteiger partial charge in [-0.05, 0) is 30.3 Å². The van der Waals surface area contributed by atoms with Crippen LogP contribution in [0.4, 0.5) is 0 Å². The Kier molecular flexibility index (Phi) is 7.91. The maximum atomic E-state index is 12.2. The summed E-state index contributed by atoms with van der Waals surface area (Å²) < 4.78 is 32.3. The summed E-state index contributed by atoms with van der Waals surface area (Å²) in [6.45, 7) is 0.641. The Morgan fingerprint density at radius 3 is 2.59 bits per heavy atom. The third-order valence-electron chi connectivity index (χ3n) is 3.67. The smallest absolute Gasteiger partial charge is 0.242 e. The molecule has 0 heterocycles. The molecule has 0 unspecified atom stereocenters. The van der Waals surface area contributed by atoms with Crippen molar-refractivity contribution in [3.05, 3.63) is 58.6 Å². The van der Waals surface area contributed by atoms with Crippen molar-refractivity contribution in [2.24, 2.45) is 0 Å². The number of likely N-dealkylation sites (N-methyl/N-ethyl adjacent to an activating group) is 1. The van der Waals surface area contributed by atoms with Crippen molar-refractivity contribution in [2.45, 2.75) is 11.3 Å². The van der Waals surface area contributed by atoms with Gasteiger partial charge in [0.05, 0.1) is 11.6 Å². The highest BCUT2D eigenvalue weighted by Gasteiger charge is 2.18. The quantitative estimate of drug-likeness (QED) is 0.662. The number of carbonyl (C=O) groups excluding carboxylic acids is 1. The summed E-state index contributed by atoms with van der Waals surface area (Å²) in [5.41, 5.74) is 0. The number of hydrogen-bond donors (Lipinski definition) is 1. The number of nitrogens with zero attached hydrogens (tertiary/aromatic N) is 1. The van der Waals surface area contributed by atoms with Crippen LogP contribution in [-0.2, 0) is 14.8 Å². The SMILES string of the molecule is CN(CCOc1cccc(Cl)c1)C(=O)CCNS(=O)(=O)c1ccccc1Cl. The number of benzene rings is 2. The predicted octanol–water partition coefficient (Wildman–Crippen LogP) is 3.20. The average Bonchev–Trinajstić information content (AvgIpc) is 2.61. The number of nitrogens with one attached hydrogen (secondary N) is 1. The van der Waals surface area contributed by atoms with Gasteiger partial charge in [-0.2, -0.15) is 0 Å². The second-order valence-electron chi connectivity index (χ2n) is 5.70. The van der Waals surface area contributed by atoms with Crippen molar-refractivity contribution in [1.82, 2.24) is 9.62 Å². The molecule has 0 aliphatic rings. The van der Waals surface area contributed by atoms with Crippen LogP contribution in [0.3, 0.4) is 0 Å². The third kappa shape index (κ3) is 6.70. The lowest BCUT2D eigenvalue weighted by Gasteiger charge is -2.18. The number of amides is 1.